The number of aliphatic imine (C=N–C) groups is 1. The molecule has 0 amide bonds. The number of aromatic nitrogens is 1. The standard InChI is InChI=1S/C13H23N5O2S.HI/c1-14-13(15-5-10-17-7-2-3-8-17)16-6-11-18-9-4-12-21(18,19)20;/h2-3,7-8H,4-6,9-12H2,1H3,(H2,14,15,16);1H. The molecule has 1 aliphatic rings. The third-order valence-corrected chi connectivity index (χ3v) is 5.37. The van der Waals surface area contributed by atoms with Crippen LogP contribution in [0.25, 0.3) is 0 Å². The predicted molar refractivity (Wildman–Crippen MR) is 99.2 cm³/mol. The summed E-state index contributed by atoms with van der Waals surface area (Å²) in [6.07, 6.45) is 4.75. The van der Waals surface area contributed by atoms with Crippen molar-refractivity contribution in [1.29, 1.82) is 0 Å². The van der Waals surface area contributed by atoms with E-state index in [4.69, 9.17) is 0 Å². The number of nitrogens with one attached hydrogen (secondary N) is 2. The highest BCUT2D eigenvalue weighted by molar-refractivity contribution is 14.0. The van der Waals surface area contributed by atoms with Crippen molar-refractivity contribution in [3.63, 3.8) is 0 Å². The highest BCUT2D eigenvalue weighted by atomic mass is 127. The second-order valence-electron chi connectivity index (χ2n) is 4.92. The summed E-state index contributed by atoms with van der Waals surface area (Å²) in [6.45, 7) is 3.29. The van der Waals surface area contributed by atoms with Crippen molar-refractivity contribution < 1.29 is 8.42 Å². The van der Waals surface area contributed by atoms with Gasteiger partial charge in [-0.1, -0.05) is 0 Å². The molecule has 7 nitrogen and oxygen atoms in total. The quantitative estimate of drug-likeness (QED) is 0.379. The molecule has 126 valence electrons. The third kappa shape index (κ3) is 5.76. The van der Waals surface area contributed by atoms with E-state index in [1.165, 1.54) is 4.31 Å². The maximum atomic E-state index is 11.7. The van der Waals surface area contributed by atoms with Crippen LogP contribution < -0.4 is 10.6 Å². The molecule has 9 heteroatoms. The topological polar surface area (TPSA) is 78.7 Å². The first-order valence-electron chi connectivity index (χ1n) is 7.15. The zero-order valence-corrected chi connectivity index (χ0v) is 15.9. The zero-order chi connectivity index (χ0) is 15.1. The molecule has 0 unspecified atom stereocenters. The first-order valence-corrected chi connectivity index (χ1v) is 8.76. The predicted octanol–water partition coefficient (Wildman–Crippen LogP) is 0.307. The lowest BCUT2D eigenvalue weighted by Crippen LogP contribution is -2.42. The molecular weight excluding hydrogens is 417 g/mol. The van der Waals surface area contributed by atoms with E-state index in [1.54, 1.807) is 7.05 Å². The number of halogens is 1. The molecule has 2 N–H and O–H groups in total. The number of rotatable bonds is 6. The fraction of sp³-hybridized carbons (Fsp3) is 0.615. The van der Waals surface area contributed by atoms with E-state index in [2.05, 4.69) is 20.2 Å². The smallest absolute Gasteiger partial charge is 0.214 e. The van der Waals surface area contributed by atoms with Crippen molar-refractivity contribution in [1.82, 2.24) is 19.5 Å². The monoisotopic (exact) mass is 441 g/mol. The summed E-state index contributed by atoms with van der Waals surface area (Å²) in [5.74, 6) is 0.968. The maximum absolute atomic E-state index is 11.7. The summed E-state index contributed by atoms with van der Waals surface area (Å²) in [5, 5.41) is 6.34. The Labute approximate surface area is 149 Å². The Morgan fingerprint density at radius 2 is 1.82 bits per heavy atom. The Balaban J connectivity index is 0.00000242. The van der Waals surface area contributed by atoms with Gasteiger partial charge in [0.25, 0.3) is 0 Å². The number of hydrogen-bond acceptors (Lipinski definition) is 3. The largest absolute Gasteiger partial charge is 0.355 e. The van der Waals surface area contributed by atoms with Crippen LogP contribution in [0.5, 0.6) is 0 Å². The van der Waals surface area contributed by atoms with Crippen LogP contribution >= 0.6 is 24.0 Å². The molecule has 1 aromatic heterocycles. The van der Waals surface area contributed by atoms with Gasteiger partial charge in [-0.3, -0.25) is 4.99 Å². The van der Waals surface area contributed by atoms with Gasteiger partial charge in [-0.05, 0) is 18.6 Å². The number of nitrogens with zero attached hydrogens (tertiary/aromatic N) is 3. The van der Waals surface area contributed by atoms with Crippen molar-refractivity contribution in [3.05, 3.63) is 24.5 Å². The summed E-state index contributed by atoms with van der Waals surface area (Å²) in [6, 6.07) is 3.98. The number of hydrogen-bond donors (Lipinski definition) is 2. The van der Waals surface area contributed by atoms with Crippen molar-refractivity contribution in [2.24, 2.45) is 4.99 Å². The van der Waals surface area contributed by atoms with Crippen molar-refractivity contribution in [2.75, 3.05) is 39.0 Å². The SMILES string of the molecule is CN=C(NCCN1CCCS1(=O)=O)NCCn1cccc1.I. The van der Waals surface area contributed by atoms with Gasteiger partial charge in [-0.2, -0.15) is 0 Å². The summed E-state index contributed by atoms with van der Waals surface area (Å²) >= 11 is 0. The van der Waals surface area contributed by atoms with Gasteiger partial charge in [0.1, 0.15) is 0 Å². The fourth-order valence-electron chi connectivity index (χ4n) is 2.28. The molecule has 1 fully saturated rings. The fourth-order valence-corrected chi connectivity index (χ4v) is 3.81. The summed E-state index contributed by atoms with van der Waals surface area (Å²) < 4.78 is 26.9. The average Bonchev–Trinajstić information content (AvgIpc) is 3.07. The maximum Gasteiger partial charge on any atom is 0.214 e. The van der Waals surface area contributed by atoms with Crippen LogP contribution in [0.1, 0.15) is 6.42 Å². The van der Waals surface area contributed by atoms with Crippen LogP contribution in [0.15, 0.2) is 29.5 Å². The van der Waals surface area contributed by atoms with Crippen LogP contribution in [-0.4, -0.2) is 62.2 Å². The lowest BCUT2D eigenvalue weighted by Gasteiger charge is -2.16. The second kappa shape index (κ2) is 9.36. The van der Waals surface area contributed by atoms with Gasteiger partial charge in [0.2, 0.25) is 10.0 Å². The Morgan fingerprint density at radius 3 is 2.36 bits per heavy atom. The summed E-state index contributed by atoms with van der Waals surface area (Å²) in [4.78, 5) is 4.12. The molecule has 0 spiro atoms. The van der Waals surface area contributed by atoms with E-state index in [1.807, 2.05) is 24.5 Å². The normalized spacial score (nSPS) is 18.0. The Bertz CT molecular complexity index is 559. The molecule has 1 aromatic rings. The first kappa shape index (κ1) is 19.2. The second-order valence-corrected chi connectivity index (χ2v) is 7.00. The van der Waals surface area contributed by atoms with E-state index in [9.17, 15) is 8.42 Å². The minimum Gasteiger partial charge on any atom is -0.355 e. The molecule has 0 aromatic carbocycles. The molecule has 0 radical (unpaired) electrons. The lowest BCUT2D eigenvalue weighted by molar-refractivity contribution is 0.445. The molecule has 2 rings (SSSR count). The van der Waals surface area contributed by atoms with Crippen LogP contribution in [0.2, 0.25) is 0 Å². The van der Waals surface area contributed by atoms with Crippen LogP contribution in [0, 0.1) is 0 Å². The summed E-state index contributed by atoms with van der Waals surface area (Å²) in [5.41, 5.74) is 0. The van der Waals surface area contributed by atoms with Crippen LogP contribution in [0.4, 0.5) is 0 Å². The number of sulfonamides is 1. The molecular formula is C13H24IN5O2S. The third-order valence-electron chi connectivity index (χ3n) is 3.41. The molecule has 1 aliphatic heterocycles. The van der Waals surface area contributed by atoms with Gasteiger partial charge < -0.3 is 15.2 Å². The van der Waals surface area contributed by atoms with Crippen LogP contribution in [0.3, 0.4) is 0 Å². The summed E-state index contributed by atoms with van der Waals surface area (Å²) in [7, 11) is -1.30. The van der Waals surface area contributed by atoms with Gasteiger partial charge in [0.15, 0.2) is 5.96 Å². The van der Waals surface area contributed by atoms with Gasteiger partial charge in [-0.25, -0.2) is 12.7 Å². The molecule has 2 heterocycles. The van der Waals surface area contributed by atoms with E-state index in [0.717, 1.165) is 19.5 Å². The highest BCUT2D eigenvalue weighted by Crippen LogP contribution is 2.11. The molecule has 0 aliphatic carbocycles. The Hall–Kier alpha value is -0.810. The van der Waals surface area contributed by atoms with E-state index >= 15 is 0 Å². The molecule has 1 saturated heterocycles. The minimum atomic E-state index is -3.01. The Morgan fingerprint density at radius 1 is 1.18 bits per heavy atom. The molecule has 22 heavy (non-hydrogen) atoms. The zero-order valence-electron chi connectivity index (χ0n) is 12.7. The highest BCUT2D eigenvalue weighted by Gasteiger charge is 2.27. The van der Waals surface area contributed by atoms with Crippen molar-refractivity contribution in [2.45, 2.75) is 13.0 Å². The molecule has 0 saturated carbocycles. The van der Waals surface area contributed by atoms with Crippen LogP contribution in [-0.2, 0) is 16.6 Å². The first-order chi connectivity index (χ1) is 10.1. The van der Waals surface area contributed by atoms with Gasteiger partial charge >= 0.3 is 0 Å². The van der Waals surface area contributed by atoms with Crippen molar-refractivity contribution in [3.8, 4) is 0 Å². The molecule has 0 atom stereocenters. The van der Waals surface area contributed by atoms with Gasteiger partial charge in [0, 0.05) is 52.2 Å². The van der Waals surface area contributed by atoms with Gasteiger partial charge in [-0.15, -0.1) is 24.0 Å². The molecule has 0 bridgehead atoms. The van der Waals surface area contributed by atoms with Gasteiger partial charge in [0.05, 0.1) is 5.75 Å². The lowest BCUT2D eigenvalue weighted by atomic mass is 10.5. The minimum absolute atomic E-state index is 0. The van der Waals surface area contributed by atoms with E-state index in [-0.39, 0.29) is 29.7 Å². The van der Waals surface area contributed by atoms with E-state index in [0.29, 0.717) is 25.6 Å². The average molecular weight is 441 g/mol. The van der Waals surface area contributed by atoms with E-state index < -0.39 is 10.0 Å². The number of guanidine groups is 1. The van der Waals surface area contributed by atoms with Crippen molar-refractivity contribution >= 4 is 40.0 Å². The Kier molecular flexibility index (Phi) is 8.18.